The van der Waals surface area contributed by atoms with Crippen molar-refractivity contribution in [3.63, 3.8) is 0 Å². The average Bonchev–Trinajstić information content (AvgIpc) is 2.17. The van der Waals surface area contributed by atoms with E-state index in [1.54, 1.807) is 0 Å². The van der Waals surface area contributed by atoms with Crippen LogP contribution in [0, 0.1) is 13.8 Å². The molecule has 0 saturated carbocycles. The van der Waals surface area contributed by atoms with Crippen LogP contribution in [0.3, 0.4) is 0 Å². The van der Waals surface area contributed by atoms with Crippen molar-refractivity contribution in [3.8, 4) is 0 Å². The molecule has 15 heavy (non-hydrogen) atoms. The molecule has 1 saturated heterocycles. The van der Waals surface area contributed by atoms with Gasteiger partial charge >= 0.3 is 0 Å². The van der Waals surface area contributed by atoms with Crippen LogP contribution < -0.4 is 5.32 Å². The molecule has 1 heteroatoms. The first-order chi connectivity index (χ1) is 7.24. The lowest BCUT2D eigenvalue weighted by Gasteiger charge is -2.15. The zero-order chi connectivity index (χ0) is 10.7. The van der Waals surface area contributed by atoms with Gasteiger partial charge in [0.1, 0.15) is 0 Å². The highest BCUT2D eigenvalue weighted by Gasteiger charge is 2.04. The van der Waals surface area contributed by atoms with Gasteiger partial charge < -0.3 is 5.32 Å². The Balaban J connectivity index is 2.21. The van der Waals surface area contributed by atoms with Crippen molar-refractivity contribution in [1.29, 1.82) is 0 Å². The van der Waals surface area contributed by atoms with Gasteiger partial charge in [-0.2, -0.15) is 0 Å². The first-order valence-corrected chi connectivity index (χ1v) is 5.72. The second-order valence-electron chi connectivity index (χ2n) is 4.50. The van der Waals surface area contributed by atoms with Crippen molar-refractivity contribution >= 4 is 6.08 Å². The highest BCUT2D eigenvalue weighted by Crippen LogP contribution is 2.16. The maximum absolute atomic E-state index is 3.42. The van der Waals surface area contributed by atoms with E-state index >= 15 is 0 Å². The SMILES string of the molecule is Cc1cc(C)cc(C=C2CCCNC2)c1. The van der Waals surface area contributed by atoms with Crippen LogP contribution in [0.25, 0.3) is 6.08 Å². The number of nitrogens with one attached hydrogen (secondary N) is 1. The maximum Gasteiger partial charge on any atom is 0.0167 e. The summed E-state index contributed by atoms with van der Waals surface area (Å²) in [6, 6.07) is 6.74. The third-order valence-corrected chi connectivity index (χ3v) is 2.82. The fraction of sp³-hybridized carbons (Fsp3) is 0.429. The molecule has 80 valence electrons. The van der Waals surface area contributed by atoms with Crippen LogP contribution in [0.4, 0.5) is 0 Å². The summed E-state index contributed by atoms with van der Waals surface area (Å²) in [5.74, 6) is 0. The first-order valence-electron chi connectivity index (χ1n) is 5.72. The lowest BCUT2D eigenvalue weighted by molar-refractivity contribution is 0.613. The standard InChI is InChI=1S/C14H19N/c1-11-6-12(2)8-14(7-11)9-13-4-3-5-15-10-13/h6-9,15H,3-5,10H2,1-2H3. The van der Waals surface area contributed by atoms with E-state index in [-0.39, 0.29) is 0 Å². The molecule has 2 rings (SSSR count). The Bertz CT molecular complexity index is 349. The summed E-state index contributed by atoms with van der Waals surface area (Å²) >= 11 is 0. The number of hydrogen-bond acceptors (Lipinski definition) is 1. The number of rotatable bonds is 1. The van der Waals surface area contributed by atoms with E-state index in [2.05, 4.69) is 43.4 Å². The molecule has 0 unspecified atom stereocenters. The Morgan fingerprint density at radius 2 is 1.87 bits per heavy atom. The monoisotopic (exact) mass is 201 g/mol. The Labute approximate surface area is 92.2 Å². The third kappa shape index (κ3) is 2.93. The second-order valence-corrected chi connectivity index (χ2v) is 4.50. The average molecular weight is 201 g/mol. The fourth-order valence-corrected chi connectivity index (χ4v) is 2.23. The zero-order valence-electron chi connectivity index (χ0n) is 9.64. The summed E-state index contributed by atoms with van der Waals surface area (Å²) in [5, 5.41) is 3.42. The van der Waals surface area contributed by atoms with Crippen molar-refractivity contribution in [2.75, 3.05) is 13.1 Å². The molecule has 0 atom stereocenters. The first kappa shape index (κ1) is 10.4. The molecule has 0 aliphatic carbocycles. The van der Waals surface area contributed by atoms with Crippen LogP contribution >= 0.6 is 0 Å². The minimum Gasteiger partial charge on any atom is -0.313 e. The highest BCUT2D eigenvalue weighted by atomic mass is 14.9. The number of hydrogen-bond donors (Lipinski definition) is 1. The van der Waals surface area contributed by atoms with E-state index in [1.165, 1.54) is 41.6 Å². The molecule has 0 aromatic heterocycles. The summed E-state index contributed by atoms with van der Waals surface area (Å²) in [7, 11) is 0. The molecule has 1 fully saturated rings. The van der Waals surface area contributed by atoms with E-state index < -0.39 is 0 Å². The second kappa shape index (κ2) is 4.63. The zero-order valence-corrected chi connectivity index (χ0v) is 9.64. The van der Waals surface area contributed by atoms with Crippen LogP contribution in [-0.4, -0.2) is 13.1 Å². The van der Waals surface area contributed by atoms with Crippen LogP contribution in [0.5, 0.6) is 0 Å². The van der Waals surface area contributed by atoms with Crippen molar-refractivity contribution in [2.24, 2.45) is 0 Å². The van der Waals surface area contributed by atoms with Gasteiger partial charge in [0.15, 0.2) is 0 Å². The Morgan fingerprint density at radius 1 is 1.13 bits per heavy atom. The minimum absolute atomic E-state index is 1.06. The molecule has 0 bridgehead atoms. The lowest BCUT2D eigenvalue weighted by Crippen LogP contribution is -2.23. The smallest absolute Gasteiger partial charge is 0.0167 e. The van der Waals surface area contributed by atoms with Gasteiger partial charge in [0.2, 0.25) is 0 Å². The Kier molecular flexibility index (Phi) is 3.22. The summed E-state index contributed by atoms with van der Waals surface area (Å²) in [4.78, 5) is 0. The Morgan fingerprint density at radius 3 is 2.47 bits per heavy atom. The maximum atomic E-state index is 3.42. The largest absolute Gasteiger partial charge is 0.313 e. The molecule has 1 aliphatic rings. The molecule has 1 nitrogen and oxygen atoms in total. The van der Waals surface area contributed by atoms with Gasteiger partial charge in [-0.3, -0.25) is 0 Å². The number of aryl methyl sites for hydroxylation is 2. The molecule has 1 aliphatic heterocycles. The molecule has 0 radical (unpaired) electrons. The van der Waals surface area contributed by atoms with Gasteiger partial charge in [-0.15, -0.1) is 0 Å². The summed E-state index contributed by atoms with van der Waals surface area (Å²) in [6.45, 7) is 6.55. The quantitative estimate of drug-likeness (QED) is 0.736. The number of benzene rings is 1. The minimum atomic E-state index is 1.06. The van der Waals surface area contributed by atoms with Crippen molar-refractivity contribution in [2.45, 2.75) is 26.7 Å². The van der Waals surface area contributed by atoms with E-state index in [4.69, 9.17) is 0 Å². The molecular formula is C14H19N. The molecule has 1 aromatic rings. The van der Waals surface area contributed by atoms with Gasteiger partial charge in [0.05, 0.1) is 0 Å². The predicted molar refractivity (Wildman–Crippen MR) is 66.0 cm³/mol. The highest BCUT2D eigenvalue weighted by molar-refractivity contribution is 5.55. The normalized spacial score (nSPS) is 19.5. The van der Waals surface area contributed by atoms with Crippen molar-refractivity contribution < 1.29 is 0 Å². The molecule has 1 aromatic carbocycles. The van der Waals surface area contributed by atoms with Gasteiger partial charge in [-0.05, 0) is 38.8 Å². The topological polar surface area (TPSA) is 12.0 Å². The molecule has 0 amide bonds. The van der Waals surface area contributed by atoms with E-state index in [9.17, 15) is 0 Å². The predicted octanol–water partition coefficient (Wildman–Crippen LogP) is 3.07. The summed E-state index contributed by atoms with van der Waals surface area (Å²) in [5.41, 5.74) is 5.59. The third-order valence-electron chi connectivity index (χ3n) is 2.82. The van der Waals surface area contributed by atoms with E-state index in [0.717, 1.165) is 6.54 Å². The van der Waals surface area contributed by atoms with Crippen LogP contribution in [0.2, 0.25) is 0 Å². The summed E-state index contributed by atoms with van der Waals surface area (Å²) in [6.07, 6.45) is 4.86. The van der Waals surface area contributed by atoms with Gasteiger partial charge in [-0.25, -0.2) is 0 Å². The van der Waals surface area contributed by atoms with Crippen LogP contribution in [0.1, 0.15) is 29.5 Å². The van der Waals surface area contributed by atoms with Gasteiger partial charge in [0, 0.05) is 6.54 Å². The van der Waals surface area contributed by atoms with Crippen LogP contribution in [-0.2, 0) is 0 Å². The molecule has 0 spiro atoms. The Hall–Kier alpha value is -1.08. The van der Waals surface area contributed by atoms with E-state index in [1.807, 2.05) is 0 Å². The van der Waals surface area contributed by atoms with Gasteiger partial charge in [0.25, 0.3) is 0 Å². The van der Waals surface area contributed by atoms with Crippen LogP contribution in [0.15, 0.2) is 23.8 Å². The van der Waals surface area contributed by atoms with Gasteiger partial charge in [-0.1, -0.05) is 41.0 Å². The molecule has 1 heterocycles. The van der Waals surface area contributed by atoms with Crippen molar-refractivity contribution in [3.05, 3.63) is 40.5 Å². The van der Waals surface area contributed by atoms with Crippen molar-refractivity contribution in [1.82, 2.24) is 5.32 Å². The summed E-state index contributed by atoms with van der Waals surface area (Å²) < 4.78 is 0. The fourth-order valence-electron chi connectivity index (χ4n) is 2.23. The molecular weight excluding hydrogens is 182 g/mol. The molecule has 1 N–H and O–H groups in total. The van der Waals surface area contributed by atoms with E-state index in [0.29, 0.717) is 0 Å². The number of piperidine rings is 1. The lowest BCUT2D eigenvalue weighted by atomic mass is 10.0.